The molecule has 1 aromatic heterocycles. The van der Waals surface area contributed by atoms with Crippen LogP contribution in [0.2, 0.25) is 0 Å². The quantitative estimate of drug-likeness (QED) is 0.799. The normalized spacial score (nSPS) is 18.6. The van der Waals surface area contributed by atoms with Crippen LogP contribution in [0, 0.1) is 11.3 Å². The SMILES string of the molecule is N#CCN(C(=O)c1cc2c(s1)CCCC2)C1CCCC1. The molecule has 3 rings (SSSR count). The number of carbonyl (C=O) groups is 1. The second kappa shape index (κ2) is 5.97. The number of hydrogen-bond acceptors (Lipinski definition) is 3. The summed E-state index contributed by atoms with van der Waals surface area (Å²) in [7, 11) is 0. The number of thiophene rings is 1. The fourth-order valence-corrected chi connectivity index (χ4v) is 4.61. The molecule has 1 aromatic rings. The molecule has 0 unspecified atom stereocenters. The van der Waals surface area contributed by atoms with Crippen molar-refractivity contribution in [3.05, 3.63) is 21.4 Å². The van der Waals surface area contributed by atoms with Crippen LogP contribution in [-0.2, 0) is 12.8 Å². The topological polar surface area (TPSA) is 44.1 Å². The summed E-state index contributed by atoms with van der Waals surface area (Å²) in [4.78, 5) is 16.8. The van der Waals surface area contributed by atoms with Crippen LogP contribution in [-0.4, -0.2) is 23.4 Å². The van der Waals surface area contributed by atoms with Crippen LogP contribution < -0.4 is 0 Å². The molecular weight excluding hydrogens is 268 g/mol. The minimum atomic E-state index is 0.0813. The molecule has 3 nitrogen and oxygen atoms in total. The highest BCUT2D eigenvalue weighted by Gasteiger charge is 2.29. The molecule has 0 saturated heterocycles. The highest BCUT2D eigenvalue weighted by molar-refractivity contribution is 7.14. The van der Waals surface area contributed by atoms with Gasteiger partial charge in [-0.25, -0.2) is 0 Å². The van der Waals surface area contributed by atoms with Gasteiger partial charge in [-0.05, 0) is 50.2 Å². The van der Waals surface area contributed by atoms with Crippen molar-refractivity contribution in [1.29, 1.82) is 5.26 Å². The molecule has 4 heteroatoms. The van der Waals surface area contributed by atoms with E-state index in [0.29, 0.717) is 0 Å². The second-order valence-corrected chi connectivity index (χ2v) is 6.93. The molecule has 0 spiro atoms. The van der Waals surface area contributed by atoms with E-state index < -0.39 is 0 Å². The van der Waals surface area contributed by atoms with Crippen LogP contribution in [0.4, 0.5) is 0 Å². The molecule has 0 radical (unpaired) electrons. The maximum atomic E-state index is 12.7. The van der Waals surface area contributed by atoms with Crippen molar-refractivity contribution in [2.24, 2.45) is 0 Å². The van der Waals surface area contributed by atoms with Gasteiger partial charge in [-0.2, -0.15) is 5.26 Å². The van der Waals surface area contributed by atoms with Crippen LogP contribution in [0.1, 0.15) is 58.6 Å². The number of carbonyl (C=O) groups excluding carboxylic acids is 1. The third-order valence-corrected chi connectivity index (χ3v) is 5.70. The Morgan fingerprint density at radius 2 is 2.05 bits per heavy atom. The lowest BCUT2D eigenvalue weighted by Gasteiger charge is -2.25. The first kappa shape index (κ1) is 13.6. The van der Waals surface area contributed by atoms with Gasteiger partial charge in [0.05, 0.1) is 10.9 Å². The molecule has 2 aliphatic rings. The van der Waals surface area contributed by atoms with Gasteiger partial charge in [-0.3, -0.25) is 4.79 Å². The lowest BCUT2D eigenvalue weighted by atomic mass is 9.99. The van der Waals surface area contributed by atoms with Gasteiger partial charge in [0.25, 0.3) is 5.91 Å². The standard InChI is InChI=1S/C16H20N2OS/c17-9-10-18(13-6-2-3-7-13)16(19)15-11-12-5-1-4-8-14(12)20-15/h11,13H,1-8,10H2. The largest absolute Gasteiger partial charge is 0.322 e. The van der Waals surface area contributed by atoms with Gasteiger partial charge in [0.15, 0.2) is 0 Å². The minimum absolute atomic E-state index is 0.0813. The van der Waals surface area contributed by atoms with Crippen molar-refractivity contribution in [2.75, 3.05) is 6.54 Å². The monoisotopic (exact) mass is 288 g/mol. The molecule has 0 aromatic carbocycles. The first-order chi connectivity index (χ1) is 9.79. The Morgan fingerprint density at radius 3 is 2.75 bits per heavy atom. The number of rotatable bonds is 3. The van der Waals surface area contributed by atoms with Crippen molar-refractivity contribution in [1.82, 2.24) is 4.90 Å². The Kier molecular flexibility index (Phi) is 4.07. The smallest absolute Gasteiger partial charge is 0.265 e. The van der Waals surface area contributed by atoms with E-state index in [4.69, 9.17) is 5.26 Å². The van der Waals surface area contributed by atoms with Gasteiger partial charge in [0, 0.05) is 10.9 Å². The number of amides is 1. The highest BCUT2D eigenvalue weighted by Crippen LogP contribution is 2.32. The Hall–Kier alpha value is -1.34. The summed E-state index contributed by atoms with van der Waals surface area (Å²) >= 11 is 1.66. The number of aryl methyl sites for hydroxylation is 2. The van der Waals surface area contributed by atoms with Crippen LogP contribution in [0.15, 0.2) is 6.07 Å². The molecule has 1 fully saturated rings. The van der Waals surface area contributed by atoms with Crippen LogP contribution in [0.5, 0.6) is 0 Å². The van der Waals surface area contributed by atoms with E-state index in [2.05, 4.69) is 12.1 Å². The summed E-state index contributed by atoms with van der Waals surface area (Å²) in [5.41, 5.74) is 1.37. The fraction of sp³-hybridized carbons (Fsp3) is 0.625. The summed E-state index contributed by atoms with van der Waals surface area (Å²) in [6, 6.07) is 4.53. The van der Waals surface area contributed by atoms with E-state index in [1.165, 1.54) is 36.1 Å². The van der Waals surface area contributed by atoms with Crippen molar-refractivity contribution < 1.29 is 4.79 Å². The zero-order valence-electron chi connectivity index (χ0n) is 11.7. The van der Waals surface area contributed by atoms with Crippen molar-refractivity contribution in [3.63, 3.8) is 0 Å². The van der Waals surface area contributed by atoms with Gasteiger partial charge in [0.1, 0.15) is 6.54 Å². The Labute approximate surface area is 124 Å². The summed E-state index contributed by atoms with van der Waals surface area (Å²) in [5, 5.41) is 9.01. The molecule has 20 heavy (non-hydrogen) atoms. The number of nitrogens with zero attached hydrogens (tertiary/aromatic N) is 2. The summed E-state index contributed by atoms with van der Waals surface area (Å²) in [6.07, 6.45) is 9.18. The molecule has 106 valence electrons. The molecule has 2 aliphatic carbocycles. The third-order valence-electron chi connectivity index (χ3n) is 4.47. The summed E-state index contributed by atoms with van der Waals surface area (Å²) < 4.78 is 0. The summed E-state index contributed by atoms with van der Waals surface area (Å²) in [5.74, 6) is 0.0813. The van der Waals surface area contributed by atoms with Crippen LogP contribution in [0.25, 0.3) is 0 Å². The molecule has 0 bridgehead atoms. The molecule has 0 atom stereocenters. The van der Waals surface area contributed by atoms with Crippen molar-refractivity contribution in [2.45, 2.75) is 57.4 Å². The van der Waals surface area contributed by atoms with Gasteiger partial charge >= 0.3 is 0 Å². The Balaban J connectivity index is 1.81. The fourth-order valence-electron chi connectivity index (χ4n) is 3.40. The number of hydrogen-bond donors (Lipinski definition) is 0. The number of nitriles is 1. The van der Waals surface area contributed by atoms with E-state index >= 15 is 0 Å². The third kappa shape index (κ3) is 2.60. The van der Waals surface area contributed by atoms with E-state index in [0.717, 1.165) is 30.6 Å². The van der Waals surface area contributed by atoms with Gasteiger partial charge in [-0.15, -0.1) is 11.3 Å². The molecule has 1 heterocycles. The van der Waals surface area contributed by atoms with Gasteiger partial charge < -0.3 is 4.90 Å². The molecule has 1 saturated carbocycles. The van der Waals surface area contributed by atoms with E-state index in [9.17, 15) is 4.79 Å². The lowest BCUT2D eigenvalue weighted by molar-refractivity contribution is 0.0714. The molecule has 0 N–H and O–H groups in total. The first-order valence-electron chi connectivity index (χ1n) is 7.59. The average Bonchev–Trinajstić information content (AvgIpc) is 3.12. The highest BCUT2D eigenvalue weighted by atomic mass is 32.1. The minimum Gasteiger partial charge on any atom is -0.322 e. The molecule has 1 amide bonds. The molecular formula is C16H20N2OS. The Morgan fingerprint density at radius 1 is 1.30 bits per heavy atom. The number of fused-ring (bicyclic) bond motifs is 1. The zero-order chi connectivity index (χ0) is 13.9. The van der Waals surface area contributed by atoms with Gasteiger partial charge in [-0.1, -0.05) is 12.8 Å². The predicted molar refractivity (Wildman–Crippen MR) is 79.9 cm³/mol. The maximum absolute atomic E-state index is 12.7. The van der Waals surface area contributed by atoms with E-state index in [1.54, 1.807) is 11.3 Å². The lowest BCUT2D eigenvalue weighted by Crippen LogP contribution is -2.38. The summed E-state index contributed by atoms with van der Waals surface area (Å²) in [6.45, 7) is 0.228. The Bertz CT molecular complexity index is 514. The zero-order valence-corrected chi connectivity index (χ0v) is 12.5. The predicted octanol–water partition coefficient (Wildman–Crippen LogP) is 3.54. The van der Waals surface area contributed by atoms with Crippen molar-refractivity contribution >= 4 is 17.2 Å². The first-order valence-corrected chi connectivity index (χ1v) is 8.41. The average molecular weight is 288 g/mol. The maximum Gasteiger partial charge on any atom is 0.265 e. The van der Waals surface area contributed by atoms with Crippen LogP contribution in [0.3, 0.4) is 0 Å². The second-order valence-electron chi connectivity index (χ2n) is 5.80. The van der Waals surface area contributed by atoms with E-state index in [1.807, 2.05) is 4.90 Å². The van der Waals surface area contributed by atoms with Crippen LogP contribution >= 0.6 is 11.3 Å². The van der Waals surface area contributed by atoms with E-state index in [-0.39, 0.29) is 18.5 Å². The molecule has 0 aliphatic heterocycles. The van der Waals surface area contributed by atoms with Crippen molar-refractivity contribution in [3.8, 4) is 6.07 Å². The van der Waals surface area contributed by atoms with Gasteiger partial charge in [0.2, 0.25) is 0 Å².